The fourth-order valence-corrected chi connectivity index (χ4v) is 2.93. The first-order chi connectivity index (χ1) is 10.7. The molecule has 6 heteroatoms. The average molecular weight is 302 g/mol. The van der Waals surface area contributed by atoms with Gasteiger partial charge in [-0.15, -0.1) is 0 Å². The van der Waals surface area contributed by atoms with Gasteiger partial charge in [-0.25, -0.2) is 0 Å². The monoisotopic (exact) mass is 302 g/mol. The van der Waals surface area contributed by atoms with Crippen molar-refractivity contribution in [2.24, 2.45) is 5.41 Å². The molecule has 3 rings (SSSR count). The third kappa shape index (κ3) is 3.18. The van der Waals surface area contributed by atoms with Crippen molar-refractivity contribution in [1.82, 2.24) is 20.0 Å². The van der Waals surface area contributed by atoms with Gasteiger partial charge in [0.1, 0.15) is 0 Å². The van der Waals surface area contributed by atoms with Crippen molar-refractivity contribution in [3.05, 3.63) is 30.4 Å². The number of aromatic nitrogens is 3. The average Bonchev–Trinajstić information content (AvgIpc) is 3.05. The van der Waals surface area contributed by atoms with Gasteiger partial charge >= 0.3 is 0 Å². The van der Waals surface area contributed by atoms with Gasteiger partial charge in [-0.3, -0.25) is 9.88 Å². The normalized spacial score (nSPS) is 18.5. The fourth-order valence-electron chi connectivity index (χ4n) is 2.93. The van der Waals surface area contributed by atoms with Crippen LogP contribution in [0.4, 0.5) is 0 Å². The molecule has 1 aliphatic heterocycles. The Morgan fingerprint density at radius 3 is 2.82 bits per heavy atom. The zero-order valence-corrected chi connectivity index (χ0v) is 12.9. The van der Waals surface area contributed by atoms with E-state index in [4.69, 9.17) is 4.52 Å². The van der Waals surface area contributed by atoms with Crippen LogP contribution in [0.25, 0.3) is 11.4 Å². The van der Waals surface area contributed by atoms with E-state index in [1.54, 1.807) is 12.4 Å². The Balaban J connectivity index is 1.60. The van der Waals surface area contributed by atoms with Crippen LogP contribution >= 0.6 is 0 Å². The number of hydrogen-bond donors (Lipinski definition) is 1. The lowest BCUT2D eigenvalue weighted by atomic mass is 9.77. The molecule has 2 aromatic rings. The molecular weight excluding hydrogens is 280 g/mol. The summed E-state index contributed by atoms with van der Waals surface area (Å²) < 4.78 is 5.35. The van der Waals surface area contributed by atoms with Crippen molar-refractivity contribution < 1.29 is 9.63 Å². The third-order valence-corrected chi connectivity index (χ3v) is 4.75. The molecule has 1 saturated heterocycles. The number of aliphatic hydroxyl groups is 1. The van der Waals surface area contributed by atoms with Gasteiger partial charge in [0.15, 0.2) is 0 Å². The molecule has 0 radical (unpaired) electrons. The Morgan fingerprint density at radius 1 is 1.36 bits per heavy atom. The molecule has 0 aromatic carbocycles. The Bertz CT molecular complexity index is 585. The summed E-state index contributed by atoms with van der Waals surface area (Å²) in [7, 11) is 0. The van der Waals surface area contributed by atoms with Gasteiger partial charge in [-0.05, 0) is 49.9 Å². The minimum Gasteiger partial charge on any atom is -0.396 e. The number of rotatable bonds is 5. The molecule has 1 aliphatic rings. The number of hydrogen-bond acceptors (Lipinski definition) is 6. The Labute approximate surface area is 130 Å². The van der Waals surface area contributed by atoms with Crippen LogP contribution in [0.2, 0.25) is 0 Å². The van der Waals surface area contributed by atoms with Crippen molar-refractivity contribution in [3.8, 4) is 11.4 Å². The van der Waals surface area contributed by atoms with Crippen molar-refractivity contribution in [1.29, 1.82) is 0 Å². The summed E-state index contributed by atoms with van der Waals surface area (Å²) in [5, 5.41) is 13.6. The summed E-state index contributed by atoms with van der Waals surface area (Å²) in [5.41, 5.74) is 0.966. The molecule has 1 fully saturated rings. The molecule has 0 saturated carbocycles. The lowest BCUT2D eigenvalue weighted by Crippen LogP contribution is -2.41. The predicted octanol–water partition coefficient (Wildman–Crippen LogP) is 2.12. The SMILES string of the molecule is CCC1(CO)CCN(Cc2nc(-c3cccnc3)no2)CC1. The van der Waals surface area contributed by atoms with Gasteiger partial charge in [-0.2, -0.15) is 4.98 Å². The molecule has 1 N–H and O–H groups in total. The van der Waals surface area contributed by atoms with Gasteiger partial charge < -0.3 is 9.63 Å². The van der Waals surface area contributed by atoms with Gasteiger partial charge in [0, 0.05) is 24.6 Å². The first-order valence-electron chi connectivity index (χ1n) is 7.81. The van der Waals surface area contributed by atoms with Crippen molar-refractivity contribution in [3.63, 3.8) is 0 Å². The fraction of sp³-hybridized carbons (Fsp3) is 0.562. The third-order valence-electron chi connectivity index (χ3n) is 4.75. The number of nitrogens with zero attached hydrogens (tertiary/aromatic N) is 4. The van der Waals surface area contributed by atoms with Gasteiger partial charge in [-0.1, -0.05) is 12.1 Å². The molecule has 0 amide bonds. The van der Waals surface area contributed by atoms with Crippen LogP contribution in [0.15, 0.2) is 29.0 Å². The van der Waals surface area contributed by atoms with Gasteiger partial charge in [0.2, 0.25) is 11.7 Å². The minimum atomic E-state index is 0.103. The summed E-state index contributed by atoms with van der Waals surface area (Å²) in [4.78, 5) is 10.8. The number of pyridine rings is 1. The highest BCUT2D eigenvalue weighted by molar-refractivity contribution is 5.51. The van der Waals surface area contributed by atoms with Crippen LogP contribution in [-0.4, -0.2) is 44.8 Å². The van der Waals surface area contributed by atoms with E-state index in [1.165, 1.54) is 0 Å². The molecule has 0 spiro atoms. The molecule has 0 unspecified atom stereocenters. The second-order valence-corrected chi connectivity index (χ2v) is 6.04. The number of piperidine rings is 1. The number of likely N-dealkylation sites (tertiary alicyclic amines) is 1. The lowest BCUT2D eigenvalue weighted by molar-refractivity contribution is 0.0348. The van der Waals surface area contributed by atoms with Crippen LogP contribution in [0.5, 0.6) is 0 Å². The van der Waals surface area contributed by atoms with Gasteiger partial charge in [0.25, 0.3) is 0 Å². The Kier molecular flexibility index (Phi) is 4.49. The smallest absolute Gasteiger partial charge is 0.241 e. The summed E-state index contributed by atoms with van der Waals surface area (Å²) in [6.45, 7) is 5.02. The van der Waals surface area contributed by atoms with Crippen molar-refractivity contribution >= 4 is 0 Å². The minimum absolute atomic E-state index is 0.103. The van der Waals surface area contributed by atoms with E-state index in [0.717, 1.165) is 37.9 Å². The van der Waals surface area contributed by atoms with Crippen LogP contribution in [0.3, 0.4) is 0 Å². The summed E-state index contributed by atoms with van der Waals surface area (Å²) in [6.07, 6.45) is 6.52. The van der Waals surface area contributed by atoms with E-state index in [2.05, 4.69) is 26.9 Å². The van der Waals surface area contributed by atoms with Crippen molar-refractivity contribution in [2.75, 3.05) is 19.7 Å². The molecule has 3 heterocycles. The van der Waals surface area contributed by atoms with E-state index >= 15 is 0 Å². The highest BCUT2D eigenvalue weighted by Crippen LogP contribution is 2.34. The quantitative estimate of drug-likeness (QED) is 0.912. The summed E-state index contributed by atoms with van der Waals surface area (Å²) in [5.74, 6) is 1.21. The Hall–Kier alpha value is -1.79. The lowest BCUT2D eigenvalue weighted by Gasteiger charge is -2.39. The van der Waals surface area contributed by atoms with E-state index < -0.39 is 0 Å². The maximum absolute atomic E-state index is 9.58. The highest BCUT2D eigenvalue weighted by atomic mass is 16.5. The molecule has 0 atom stereocenters. The molecular formula is C16H22N4O2. The Morgan fingerprint density at radius 2 is 2.18 bits per heavy atom. The van der Waals surface area contributed by atoms with E-state index in [0.29, 0.717) is 18.3 Å². The predicted molar refractivity (Wildman–Crippen MR) is 81.8 cm³/mol. The molecule has 2 aromatic heterocycles. The van der Waals surface area contributed by atoms with E-state index in [1.807, 2.05) is 12.1 Å². The molecule has 6 nitrogen and oxygen atoms in total. The molecule has 0 bridgehead atoms. The van der Waals surface area contributed by atoms with Crippen LogP contribution in [-0.2, 0) is 6.54 Å². The zero-order chi connectivity index (χ0) is 15.4. The maximum atomic E-state index is 9.58. The standard InChI is InChI=1S/C16H22N4O2/c1-2-16(12-21)5-8-20(9-6-16)11-14-18-15(19-22-14)13-4-3-7-17-10-13/h3-4,7,10,21H,2,5-6,8-9,11-12H2,1H3. The van der Waals surface area contributed by atoms with Gasteiger partial charge in [0.05, 0.1) is 6.54 Å². The largest absolute Gasteiger partial charge is 0.396 e. The van der Waals surface area contributed by atoms with Crippen LogP contribution < -0.4 is 0 Å². The van der Waals surface area contributed by atoms with E-state index in [-0.39, 0.29) is 12.0 Å². The zero-order valence-electron chi connectivity index (χ0n) is 12.9. The first-order valence-corrected chi connectivity index (χ1v) is 7.81. The van der Waals surface area contributed by atoms with Crippen LogP contribution in [0, 0.1) is 5.41 Å². The second kappa shape index (κ2) is 6.54. The first kappa shape index (κ1) is 15.1. The topological polar surface area (TPSA) is 75.3 Å². The number of aliphatic hydroxyl groups excluding tert-OH is 1. The van der Waals surface area contributed by atoms with Crippen molar-refractivity contribution in [2.45, 2.75) is 32.7 Å². The molecule has 22 heavy (non-hydrogen) atoms. The highest BCUT2D eigenvalue weighted by Gasteiger charge is 2.32. The summed E-state index contributed by atoms with van der Waals surface area (Å²) >= 11 is 0. The maximum Gasteiger partial charge on any atom is 0.241 e. The summed E-state index contributed by atoms with van der Waals surface area (Å²) in [6, 6.07) is 3.77. The molecule has 118 valence electrons. The van der Waals surface area contributed by atoms with E-state index in [9.17, 15) is 5.11 Å². The second-order valence-electron chi connectivity index (χ2n) is 6.04. The molecule has 0 aliphatic carbocycles. The van der Waals surface area contributed by atoms with Crippen LogP contribution in [0.1, 0.15) is 32.1 Å².